The van der Waals surface area contributed by atoms with E-state index in [-0.39, 0.29) is 32.2 Å². The van der Waals surface area contributed by atoms with Gasteiger partial charge in [0.05, 0.1) is 52.8 Å². The van der Waals surface area contributed by atoms with E-state index in [1.807, 2.05) is 6.07 Å². The van der Waals surface area contributed by atoms with E-state index in [0.717, 1.165) is 12.1 Å². The SMILES string of the molecule is COc1cc2nc(S(=O)CC(=O)Nc3ccccc3C(F)(F)F)nc(Nc3c(Cl)cc(/C=C/C#N)cc3Cl)c2cc1OC. The number of methoxy groups -OCH3 is 2. The van der Waals surface area contributed by atoms with Crippen molar-refractivity contribution in [3.63, 3.8) is 0 Å². The van der Waals surface area contributed by atoms with Crippen LogP contribution in [0.1, 0.15) is 11.1 Å². The Labute approximate surface area is 255 Å². The van der Waals surface area contributed by atoms with Crippen LogP contribution in [0.4, 0.5) is 30.4 Å². The molecule has 0 aliphatic carbocycles. The molecule has 0 saturated carbocycles. The van der Waals surface area contributed by atoms with Crippen molar-refractivity contribution in [1.29, 1.82) is 5.26 Å². The molecule has 4 rings (SSSR count). The molecule has 0 bridgehead atoms. The van der Waals surface area contributed by atoms with E-state index in [4.69, 9.17) is 37.9 Å². The average Bonchev–Trinajstić information content (AvgIpc) is 2.96. The summed E-state index contributed by atoms with van der Waals surface area (Å²) >= 11 is 12.9. The monoisotopic (exact) mass is 649 g/mol. The number of halogens is 5. The number of nitriles is 1. The fourth-order valence-corrected chi connectivity index (χ4v) is 5.33. The number of allylic oxidation sites excluding steroid dienone is 1. The third-order valence-electron chi connectivity index (χ3n) is 5.81. The van der Waals surface area contributed by atoms with Gasteiger partial charge in [-0.2, -0.15) is 18.4 Å². The number of hydrogen-bond donors (Lipinski definition) is 2. The summed E-state index contributed by atoms with van der Waals surface area (Å²) in [5.74, 6) is -0.991. The summed E-state index contributed by atoms with van der Waals surface area (Å²) in [7, 11) is 0.633. The topological polar surface area (TPSA) is 126 Å². The Morgan fingerprint density at radius 2 is 1.72 bits per heavy atom. The van der Waals surface area contributed by atoms with Gasteiger partial charge >= 0.3 is 6.18 Å². The number of ether oxygens (including phenoxy) is 2. The molecule has 15 heteroatoms. The Morgan fingerprint density at radius 3 is 2.35 bits per heavy atom. The van der Waals surface area contributed by atoms with Gasteiger partial charge in [-0.3, -0.25) is 9.00 Å². The van der Waals surface area contributed by atoms with Gasteiger partial charge in [-0.05, 0) is 42.0 Å². The van der Waals surface area contributed by atoms with Crippen molar-refractivity contribution in [2.75, 3.05) is 30.6 Å². The normalized spacial score (nSPS) is 12.1. The van der Waals surface area contributed by atoms with Gasteiger partial charge in [-0.1, -0.05) is 35.3 Å². The fourth-order valence-electron chi connectivity index (χ4n) is 3.90. The van der Waals surface area contributed by atoms with Gasteiger partial charge in [0.1, 0.15) is 22.4 Å². The molecule has 0 aliphatic rings. The molecule has 1 heterocycles. The number of carbonyl (C=O) groups is 1. The third kappa shape index (κ3) is 7.34. The number of hydrogen-bond acceptors (Lipinski definition) is 8. The molecule has 0 spiro atoms. The highest BCUT2D eigenvalue weighted by atomic mass is 35.5. The minimum Gasteiger partial charge on any atom is -0.493 e. The standard InChI is InChI=1S/C28H20Cl2F3N5O4S/c1-41-22-12-16-21(13-23(22)42-2)36-27(38-26(16)37-25-18(29)10-15(6-5-9-34)11-19(25)30)43(40)14-24(39)35-20-8-4-3-7-17(20)28(31,32)33/h3-8,10-13H,14H2,1-2H3,(H,35,39)(H,36,37,38)/b6-5+. The number of benzene rings is 3. The smallest absolute Gasteiger partial charge is 0.418 e. The summed E-state index contributed by atoms with van der Waals surface area (Å²) in [4.78, 5) is 21.3. The lowest BCUT2D eigenvalue weighted by Crippen LogP contribution is -2.22. The molecule has 0 fully saturated rings. The molecule has 222 valence electrons. The van der Waals surface area contributed by atoms with Gasteiger partial charge in [0, 0.05) is 17.5 Å². The Kier molecular flexibility index (Phi) is 9.75. The van der Waals surface area contributed by atoms with E-state index in [9.17, 15) is 22.2 Å². The van der Waals surface area contributed by atoms with Crippen LogP contribution in [0.15, 0.2) is 59.8 Å². The highest BCUT2D eigenvalue weighted by molar-refractivity contribution is 7.85. The molecule has 1 aromatic heterocycles. The van der Waals surface area contributed by atoms with Gasteiger partial charge in [-0.15, -0.1) is 0 Å². The maximum atomic E-state index is 13.4. The zero-order valence-electron chi connectivity index (χ0n) is 22.3. The van der Waals surface area contributed by atoms with Crippen LogP contribution in [0.2, 0.25) is 10.0 Å². The predicted octanol–water partition coefficient (Wildman–Crippen LogP) is 7.00. The number of alkyl halides is 3. The number of fused-ring (bicyclic) bond motifs is 1. The molecule has 4 aromatic rings. The van der Waals surface area contributed by atoms with Gasteiger partial charge in [0.25, 0.3) is 0 Å². The number of nitrogens with zero attached hydrogens (tertiary/aromatic N) is 3. The third-order valence-corrected chi connectivity index (χ3v) is 7.52. The second kappa shape index (κ2) is 13.3. The number of para-hydroxylation sites is 1. The molecular weight excluding hydrogens is 630 g/mol. The summed E-state index contributed by atoms with van der Waals surface area (Å²) in [5, 5.41) is 14.4. The van der Waals surface area contributed by atoms with Gasteiger partial charge in [0.2, 0.25) is 11.1 Å². The number of rotatable bonds is 9. The lowest BCUT2D eigenvalue weighted by Gasteiger charge is -2.16. The summed E-state index contributed by atoms with van der Waals surface area (Å²) in [6.07, 6.45) is -1.94. The lowest BCUT2D eigenvalue weighted by atomic mass is 10.1. The Morgan fingerprint density at radius 1 is 1.07 bits per heavy atom. The quantitative estimate of drug-likeness (QED) is 0.147. The molecular formula is C28H20Cl2F3N5O4S. The molecule has 43 heavy (non-hydrogen) atoms. The number of anilines is 3. The van der Waals surface area contributed by atoms with Gasteiger partial charge < -0.3 is 20.1 Å². The fraction of sp³-hybridized carbons (Fsp3) is 0.143. The van der Waals surface area contributed by atoms with E-state index in [1.165, 1.54) is 44.6 Å². The van der Waals surface area contributed by atoms with E-state index in [1.54, 1.807) is 18.2 Å². The maximum Gasteiger partial charge on any atom is 0.418 e. The molecule has 0 aliphatic heterocycles. The first-order chi connectivity index (χ1) is 20.4. The van der Waals surface area contributed by atoms with Crippen molar-refractivity contribution in [2.45, 2.75) is 11.3 Å². The van der Waals surface area contributed by atoms with Crippen LogP contribution >= 0.6 is 23.2 Å². The van der Waals surface area contributed by atoms with Crippen LogP contribution in [0, 0.1) is 11.3 Å². The second-order valence-electron chi connectivity index (χ2n) is 8.61. The molecule has 2 N–H and O–H groups in total. The van der Waals surface area contributed by atoms with Crippen molar-refractivity contribution in [3.8, 4) is 17.6 Å². The first-order valence-corrected chi connectivity index (χ1v) is 14.1. The molecule has 9 nitrogen and oxygen atoms in total. The Balaban J connectivity index is 1.73. The van der Waals surface area contributed by atoms with Gasteiger partial charge in [0.15, 0.2) is 11.5 Å². The number of aromatic nitrogens is 2. The van der Waals surface area contributed by atoms with Crippen LogP contribution in [-0.4, -0.2) is 40.1 Å². The molecule has 0 radical (unpaired) electrons. The van der Waals surface area contributed by atoms with E-state index in [0.29, 0.717) is 22.4 Å². The largest absolute Gasteiger partial charge is 0.493 e. The second-order valence-corrected chi connectivity index (χ2v) is 10.8. The number of nitrogens with one attached hydrogen (secondary N) is 2. The van der Waals surface area contributed by atoms with Crippen LogP contribution in [0.25, 0.3) is 17.0 Å². The Hall–Kier alpha value is -4.38. The van der Waals surface area contributed by atoms with E-state index < -0.39 is 39.9 Å². The summed E-state index contributed by atoms with van der Waals surface area (Å²) in [5.41, 5.74) is -0.506. The zero-order chi connectivity index (χ0) is 31.3. The van der Waals surface area contributed by atoms with Crippen molar-refractivity contribution < 1.29 is 31.6 Å². The lowest BCUT2D eigenvalue weighted by molar-refractivity contribution is -0.137. The van der Waals surface area contributed by atoms with Crippen molar-refractivity contribution >= 4 is 74.1 Å². The molecule has 1 atom stereocenters. The van der Waals surface area contributed by atoms with Crippen LogP contribution < -0.4 is 20.1 Å². The molecule has 1 amide bonds. The Bertz CT molecular complexity index is 1790. The van der Waals surface area contributed by atoms with Crippen molar-refractivity contribution in [1.82, 2.24) is 9.97 Å². The van der Waals surface area contributed by atoms with Crippen LogP contribution in [0.3, 0.4) is 0 Å². The van der Waals surface area contributed by atoms with Gasteiger partial charge in [-0.25, -0.2) is 9.97 Å². The van der Waals surface area contributed by atoms with Crippen LogP contribution in [0.5, 0.6) is 11.5 Å². The van der Waals surface area contributed by atoms with Crippen LogP contribution in [-0.2, 0) is 21.8 Å². The summed E-state index contributed by atoms with van der Waals surface area (Å²) in [6, 6.07) is 12.5. The highest BCUT2D eigenvalue weighted by Crippen LogP contribution is 2.39. The minimum absolute atomic E-state index is 0.0845. The summed E-state index contributed by atoms with van der Waals surface area (Å²) < 4.78 is 64.1. The van der Waals surface area contributed by atoms with E-state index in [2.05, 4.69) is 20.6 Å². The van der Waals surface area contributed by atoms with E-state index >= 15 is 0 Å². The first-order valence-electron chi connectivity index (χ1n) is 12.1. The first kappa shape index (κ1) is 31.6. The highest BCUT2D eigenvalue weighted by Gasteiger charge is 2.33. The average molecular weight is 650 g/mol. The number of carbonyl (C=O) groups excluding carboxylic acids is 1. The number of amides is 1. The predicted molar refractivity (Wildman–Crippen MR) is 158 cm³/mol. The maximum absolute atomic E-state index is 13.4. The molecule has 0 saturated heterocycles. The minimum atomic E-state index is -4.71. The molecule has 1 unspecified atom stereocenters. The van der Waals surface area contributed by atoms with Crippen molar-refractivity contribution in [3.05, 3.63) is 75.8 Å². The van der Waals surface area contributed by atoms with Crippen molar-refractivity contribution in [2.24, 2.45) is 0 Å². The molecule has 3 aromatic carbocycles. The summed E-state index contributed by atoms with van der Waals surface area (Å²) in [6.45, 7) is 0. The zero-order valence-corrected chi connectivity index (χ0v) is 24.6.